The van der Waals surface area contributed by atoms with Crippen LogP contribution in [-0.2, 0) is 0 Å². The molecule has 0 fully saturated rings. The van der Waals surface area contributed by atoms with Gasteiger partial charge in [-0.3, -0.25) is 4.79 Å². The largest absolute Gasteiger partial charge is 0.356 e. The monoisotopic (exact) mass is 427 g/mol. The van der Waals surface area contributed by atoms with Gasteiger partial charge in [0.05, 0.1) is 6.04 Å². The molecule has 3 aromatic carbocycles. The van der Waals surface area contributed by atoms with Gasteiger partial charge in [-0.05, 0) is 85.4 Å². The maximum Gasteiger partial charge on any atom is 0.255 e. The van der Waals surface area contributed by atoms with Crippen molar-refractivity contribution in [3.8, 4) is 0 Å². The first-order valence-corrected chi connectivity index (χ1v) is 9.69. The van der Waals surface area contributed by atoms with Crippen molar-refractivity contribution in [2.45, 2.75) is 13.0 Å². The molecule has 7 heteroatoms. The van der Waals surface area contributed by atoms with Gasteiger partial charge in [0, 0.05) is 22.0 Å². The van der Waals surface area contributed by atoms with Crippen molar-refractivity contribution in [3.05, 3.63) is 94.8 Å². The number of nitrogens with one attached hydrogen (secondary N) is 3. The van der Waals surface area contributed by atoms with Gasteiger partial charge in [-0.1, -0.05) is 23.7 Å². The number of amides is 1. The van der Waals surface area contributed by atoms with Crippen LogP contribution in [-0.4, -0.2) is 11.0 Å². The Labute approximate surface area is 179 Å². The van der Waals surface area contributed by atoms with E-state index < -0.39 is 0 Å². The topological polar surface area (TPSA) is 53.2 Å². The molecule has 29 heavy (non-hydrogen) atoms. The number of halogens is 2. The molecule has 0 saturated carbocycles. The highest BCUT2D eigenvalue weighted by Gasteiger charge is 2.08. The Balaban J connectivity index is 1.54. The van der Waals surface area contributed by atoms with Gasteiger partial charge in [-0.2, -0.15) is 0 Å². The van der Waals surface area contributed by atoms with Gasteiger partial charge in [-0.25, -0.2) is 4.39 Å². The molecule has 0 radical (unpaired) electrons. The molecule has 0 aliphatic carbocycles. The van der Waals surface area contributed by atoms with Gasteiger partial charge in [0.25, 0.3) is 5.91 Å². The zero-order chi connectivity index (χ0) is 20.8. The van der Waals surface area contributed by atoms with E-state index in [1.807, 2.05) is 19.1 Å². The lowest BCUT2D eigenvalue weighted by Crippen LogP contribution is -2.30. The fraction of sp³-hybridized carbons (Fsp3) is 0.0909. The summed E-state index contributed by atoms with van der Waals surface area (Å²) in [6.45, 7) is 1.94. The highest BCUT2D eigenvalue weighted by Crippen LogP contribution is 2.17. The molecule has 4 nitrogen and oxygen atoms in total. The van der Waals surface area contributed by atoms with Crippen LogP contribution in [0, 0.1) is 5.82 Å². The molecule has 1 unspecified atom stereocenters. The number of rotatable bonds is 5. The van der Waals surface area contributed by atoms with Crippen LogP contribution in [0.5, 0.6) is 0 Å². The second-order valence-corrected chi connectivity index (χ2v) is 7.25. The molecule has 0 heterocycles. The average molecular weight is 428 g/mol. The molecule has 0 aliphatic rings. The van der Waals surface area contributed by atoms with Crippen LogP contribution in [0.2, 0.25) is 5.02 Å². The molecule has 3 rings (SSSR count). The van der Waals surface area contributed by atoms with Crippen molar-refractivity contribution in [1.29, 1.82) is 0 Å². The summed E-state index contributed by atoms with van der Waals surface area (Å²) in [5.41, 5.74) is 2.89. The van der Waals surface area contributed by atoms with E-state index in [1.165, 1.54) is 12.1 Å². The molecule has 1 atom stereocenters. The Morgan fingerprint density at radius 1 is 0.897 bits per heavy atom. The third kappa shape index (κ3) is 6.01. The lowest BCUT2D eigenvalue weighted by molar-refractivity contribution is 0.102. The van der Waals surface area contributed by atoms with E-state index in [-0.39, 0.29) is 17.8 Å². The Morgan fingerprint density at radius 2 is 1.45 bits per heavy atom. The molecule has 1 amide bonds. The highest BCUT2D eigenvalue weighted by atomic mass is 35.5. The van der Waals surface area contributed by atoms with E-state index in [4.69, 9.17) is 23.8 Å². The predicted molar refractivity (Wildman–Crippen MR) is 120 cm³/mol. The zero-order valence-corrected chi connectivity index (χ0v) is 17.2. The van der Waals surface area contributed by atoms with Crippen molar-refractivity contribution in [2.24, 2.45) is 0 Å². The second-order valence-electron chi connectivity index (χ2n) is 6.41. The second kappa shape index (κ2) is 9.49. The summed E-state index contributed by atoms with van der Waals surface area (Å²) in [5, 5.41) is 10.1. The van der Waals surface area contributed by atoms with Gasteiger partial charge in [-0.15, -0.1) is 0 Å². The van der Waals surface area contributed by atoms with Crippen LogP contribution in [0.3, 0.4) is 0 Å². The molecular formula is C22H19ClFN3OS. The van der Waals surface area contributed by atoms with Crippen molar-refractivity contribution in [1.82, 2.24) is 5.32 Å². The van der Waals surface area contributed by atoms with E-state index >= 15 is 0 Å². The number of anilines is 2. The van der Waals surface area contributed by atoms with E-state index in [0.29, 0.717) is 21.4 Å². The van der Waals surface area contributed by atoms with E-state index in [0.717, 1.165) is 11.3 Å². The number of hydrogen-bond donors (Lipinski definition) is 3. The molecule has 0 saturated heterocycles. The molecule has 0 aliphatic heterocycles. The predicted octanol–water partition coefficient (Wildman–Crippen LogP) is 5.78. The summed E-state index contributed by atoms with van der Waals surface area (Å²) in [5.74, 6) is -0.488. The maximum atomic E-state index is 13.0. The average Bonchev–Trinajstić information content (AvgIpc) is 2.70. The molecule has 3 aromatic rings. The first-order chi connectivity index (χ1) is 13.9. The summed E-state index contributed by atoms with van der Waals surface area (Å²) in [7, 11) is 0. The van der Waals surface area contributed by atoms with E-state index in [1.54, 1.807) is 48.5 Å². The number of carbonyl (C=O) groups is 1. The number of thiocarbonyl (C=S) groups is 1. The summed E-state index contributed by atoms with van der Waals surface area (Å²) in [4.78, 5) is 12.2. The fourth-order valence-corrected chi connectivity index (χ4v) is 3.06. The van der Waals surface area contributed by atoms with Gasteiger partial charge in [0.15, 0.2) is 5.11 Å². The number of hydrogen-bond acceptors (Lipinski definition) is 2. The Hall–Kier alpha value is -2.96. The normalized spacial score (nSPS) is 11.4. The molecule has 3 N–H and O–H groups in total. The molecule has 0 spiro atoms. The minimum atomic E-state index is -0.273. The summed E-state index contributed by atoms with van der Waals surface area (Å²) in [6.07, 6.45) is 0. The minimum absolute atomic E-state index is 0.0754. The fourth-order valence-electron chi connectivity index (χ4n) is 2.64. The van der Waals surface area contributed by atoms with Crippen molar-refractivity contribution >= 4 is 46.2 Å². The quantitative estimate of drug-likeness (QED) is 0.452. The van der Waals surface area contributed by atoms with Gasteiger partial charge in [0.2, 0.25) is 0 Å². The third-order valence-electron chi connectivity index (χ3n) is 4.22. The lowest BCUT2D eigenvalue weighted by Gasteiger charge is -2.17. The van der Waals surface area contributed by atoms with E-state index in [2.05, 4.69) is 16.0 Å². The Bertz CT molecular complexity index is 992. The van der Waals surface area contributed by atoms with Gasteiger partial charge < -0.3 is 16.0 Å². The molecule has 0 aromatic heterocycles. The van der Waals surface area contributed by atoms with Crippen LogP contribution in [0.4, 0.5) is 15.8 Å². The summed E-state index contributed by atoms with van der Waals surface area (Å²) >= 11 is 11.2. The first-order valence-electron chi connectivity index (χ1n) is 8.91. The van der Waals surface area contributed by atoms with Crippen LogP contribution in [0.15, 0.2) is 72.8 Å². The Morgan fingerprint density at radius 3 is 2.03 bits per heavy atom. The van der Waals surface area contributed by atoms with Crippen molar-refractivity contribution in [3.63, 3.8) is 0 Å². The van der Waals surface area contributed by atoms with Crippen LogP contribution in [0.25, 0.3) is 0 Å². The summed E-state index contributed by atoms with van der Waals surface area (Å²) < 4.78 is 13.0. The number of carbonyl (C=O) groups excluding carboxylic acids is 1. The van der Waals surface area contributed by atoms with Crippen LogP contribution in [0.1, 0.15) is 28.9 Å². The SMILES string of the molecule is CC(NC(=S)Nc1ccc(NC(=O)c2ccc(Cl)cc2)cc1)c1ccc(F)cc1. The van der Waals surface area contributed by atoms with Gasteiger partial charge >= 0.3 is 0 Å². The molecular weight excluding hydrogens is 409 g/mol. The highest BCUT2D eigenvalue weighted by molar-refractivity contribution is 7.80. The molecule has 0 bridgehead atoms. The van der Waals surface area contributed by atoms with Gasteiger partial charge in [0.1, 0.15) is 5.82 Å². The van der Waals surface area contributed by atoms with Crippen LogP contribution < -0.4 is 16.0 Å². The Kier molecular flexibility index (Phi) is 6.80. The summed E-state index contributed by atoms with van der Waals surface area (Å²) in [6, 6.07) is 20.1. The first kappa shape index (κ1) is 20.8. The smallest absolute Gasteiger partial charge is 0.255 e. The zero-order valence-electron chi connectivity index (χ0n) is 15.6. The molecule has 148 valence electrons. The van der Waals surface area contributed by atoms with Crippen LogP contribution >= 0.6 is 23.8 Å². The van der Waals surface area contributed by atoms with E-state index in [9.17, 15) is 9.18 Å². The lowest BCUT2D eigenvalue weighted by atomic mass is 10.1. The number of benzene rings is 3. The third-order valence-corrected chi connectivity index (χ3v) is 4.70. The van der Waals surface area contributed by atoms with Crippen molar-refractivity contribution in [2.75, 3.05) is 10.6 Å². The minimum Gasteiger partial charge on any atom is -0.356 e. The standard InChI is InChI=1S/C22H19ClFN3OS/c1-14(15-4-8-18(24)9-5-15)25-22(29)27-20-12-10-19(11-13-20)26-21(28)16-2-6-17(23)7-3-16/h2-14H,1H3,(H,26,28)(H2,25,27,29). The maximum absolute atomic E-state index is 13.0. The van der Waals surface area contributed by atoms with Crippen molar-refractivity contribution < 1.29 is 9.18 Å².